The number of likely N-dealkylation sites (N-methyl/N-ethyl adjacent to an activating group) is 1. The van der Waals surface area contributed by atoms with Crippen molar-refractivity contribution in [2.75, 3.05) is 39.8 Å². The zero-order valence-electron chi connectivity index (χ0n) is 14.9. The molecule has 1 amide bonds. The summed E-state index contributed by atoms with van der Waals surface area (Å²) >= 11 is 0. The molecule has 0 saturated carbocycles. The number of hydrogen-bond acceptors (Lipinski definition) is 5. The minimum Gasteiger partial charge on any atom is -0.480 e. The highest BCUT2D eigenvalue weighted by atomic mass is 19.1. The Morgan fingerprint density at radius 1 is 1.44 bits per heavy atom. The molecule has 1 aliphatic heterocycles. The van der Waals surface area contributed by atoms with Gasteiger partial charge in [-0.05, 0) is 19.2 Å². The normalized spacial score (nSPS) is 17.3. The van der Waals surface area contributed by atoms with Crippen LogP contribution in [0.1, 0.15) is 10.4 Å². The average molecular weight is 376 g/mol. The van der Waals surface area contributed by atoms with Crippen LogP contribution in [0.15, 0.2) is 30.5 Å². The number of carbonyl (C=O) groups is 2. The number of halogens is 1. The van der Waals surface area contributed by atoms with Crippen LogP contribution in [0, 0.1) is 5.82 Å². The molecule has 144 valence electrons. The molecule has 2 aromatic rings. The molecule has 2 N–H and O–H groups in total. The van der Waals surface area contributed by atoms with E-state index in [0.717, 1.165) is 0 Å². The van der Waals surface area contributed by atoms with Gasteiger partial charge in [0.25, 0.3) is 5.91 Å². The van der Waals surface area contributed by atoms with Gasteiger partial charge in [-0.3, -0.25) is 19.6 Å². The second-order valence-electron chi connectivity index (χ2n) is 6.47. The van der Waals surface area contributed by atoms with Crippen LogP contribution in [-0.4, -0.2) is 82.9 Å². The maximum absolute atomic E-state index is 14.1. The lowest BCUT2D eigenvalue weighted by atomic mass is 10.1. The van der Waals surface area contributed by atoms with Gasteiger partial charge < -0.3 is 14.7 Å². The lowest BCUT2D eigenvalue weighted by Crippen LogP contribution is -2.49. The van der Waals surface area contributed by atoms with Crippen molar-refractivity contribution in [2.24, 2.45) is 0 Å². The van der Waals surface area contributed by atoms with Gasteiger partial charge in [0.2, 0.25) is 0 Å². The van der Waals surface area contributed by atoms with E-state index in [0.29, 0.717) is 37.5 Å². The van der Waals surface area contributed by atoms with Crippen LogP contribution >= 0.6 is 0 Å². The fourth-order valence-corrected chi connectivity index (χ4v) is 3.15. The van der Waals surface area contributed by atoms with Crippen molar-refractivity contribution >= 4 is 11.9 Å². The van der Waals surface area contributed by atoms with Gasteiger partial charge in [0.05, 0.1) is 36.7 Å². The highest BCUT2D eigenvalue weighted by molar-refractivity contribution is 5.99. The molecule has 8 nitrogen and oxygen atoms in total. The van der Waals surface area contributed by atoms with E-state index in [-0.39, 0.29) is 24.1 Å². The van der Waals surface area contributed by atoms with Crippen molar-refractivity contribution in [3.05, 3.63) is 41.8 Å². The fraction of sp³-hybridized carbons (Fsp3) is 0.389. The molecule has 1 aliphatic rings. The number of aliphatic carboxylic acids is 1. The Labute approximate surface area is 155 Å². The lowest BCUT2D eigenvalue weighted by Gasteiger charge is -2.34. The molecule has 0 radical (unpaired) electrons. The summed E-state index contributed by atoms with van der Waals surface area (Å²) in [6, 6.07) is 6.18. The zero-order chi connectivity index (χ0) is 19.4. The van der Waals surface area contributed by atoms with Crippen molar-refractivity contribution in [1.29, 1.82) is 0 Å². The van der Waals surface area contributed by atoms with E-state index in [9.17, 15) is 14.0 Å². The number of aromatic nitrogens is 2. The monoisotopic (exact) mass is 376 g/mol. The number of morpholine rings is 1. The molecule has 1 saturated heterocycles. The van der Waals surface area contributed by atoms with Crippen LogP contribution in [0.4, 0.5) is 4.39 Å². The molecule has 2 heterocycles. The molecule has 0 aliphatic carbocycles. The van der Waals surface area contributed by atoms with E-state index >= 15 is 0 Å². The number of nitrogens with one attached hydrogen (secondary N) is 1. The fourth-order valence-electron chi connectivity index (χ4n) is 3.15. The summed E-state index contributed by atoms with van der Waals surface area (Å²) in [4.78, 5) is 27.0. The molecule has 27 heavy (non-hydrogen) atoms. The third-order valence-corrected chi connectivity index (χ3v) is 4.36. The second kappa shape index (κ2) is 8.28. The Balaban J connectivity index is 1.72. The minimum absolute atomic E-state index is 0.104. The predicted octanol–water partition coefficient (Wildman–Crippen LogP) is 1.07. The highest BCUT2D eigenvalue weighted by Gasteiger charge is 2.28. The highest BCUT2D eigenvalue weighted by Crippen LogP contribution is 2.25. The number of benzene rings is 1. The molecule has 1 aromatic heterocycles. The summed E-state index contributed by atoms with van der Waals surface area (Å²) in [5, 5.41) is 15.5. The van der Waals surface area contributed by atoms with Crippen molar-refractivity contribution < 1.29 is 23.8 Å². The number of aromatic amines is 1. The van der Waals surface area contributed by atoms with Gasteiger partial charge in [0.15, 0.2) is 0 Å². The first-order valence-electron chi connectivity index (χ1n) is 8.55. The summed E-state index contributed by atoms with van der Waals surface area (Å²) in [6.45, 7) is 1.36. The molecular weight excluding hydrogens is 355 g/mol. The Morgan fingerprint density at radius 3 is 2.96 bits per heavy atom. The maximum Gasteiger partial charge on any atom is 0.317 e. The van der Waals surface area contributed by atoms with Crippen LogP contribution < -0.4 is 0 Å². The summed E-state index contributed by atoms with van der Waals surface area (Å²) in [7, 11) is 1.69. The van der Waals surface area contributed by atoms with Gasteiger partial charge in [-0.25, -0.2) is 4.39 Å². The number of carboxylic acids is 1. The van der Waals surface area contributed by atoms with E-state index in [2.05, 4.69) is 10.2 Å². The summed E-state index contributed by atoms with van der Waals surface area (Å²) < 4.78 is 19.8. The summed E-state index contributed by atoms with van der Waals surface area (Å²) in [5.41, 5.74) is 0.910. The molecular formula is C18H21FN4O4. The Bertz CT molecular complexity index is 825. The minimum atomic E-state index is -0.922. The first-order valence-corrected chi connectivity index (χ1v) is 8.55. The molecule has 1 aromatic carbocycles. The Hall–Kier alpha value is -2.78. The molecule has 1 unspecified atom stereocenters. The lowest BCUT2D eigenvalue weighted by molar-refractivity contribution is -0.138. The number of rotatable bonds is 6. The quantitative estimate of drug-likeness (QED) is 0.783. The third kappa shape index (κ3) is 4.50. The van der Waals surface area contributed by atoms with Crippen LogP contribution in [0.25, 0.3) is 11.3 Å². The van der Waals surface area contributed by atoms with Crippen LogP contribution in [-0.2, 0) is 9.53 Å². The smallest absolute Gasteiger partial charge is 0.317 e. The Kier molecular flexibility index (Phi) is 5.82. The number of carbonyl (C=O) groups excluding carboxylic acids is 1. The number of ether oxygens (including phenoxy) is 1. The third-order valence-electron chi connectivity index (χ3n) is 4.36. The molecule has 9 heteroatoms. The number of nitrogens with zero attached hydrogens (tertiary/aromatic N) is 3. The Morgan fingerprint density at radius 2 is 2.22 bits per heavy atom. The van der Waals surface area contributed by atoms with Crippen molar-refractivity contribution in [2.45, 2.75) is 6.10 Å². The van der Waals surface area contributed by atoms with Gasteiger partial charge in [0, 0.05) is 25.2 Å². The zero-order valence-corrected chi connectivity index (χ0v) is 14.9. The first kappa shape index (κ1) is 19.0. The number of hydrogen-bond donors (Lipinski definition) is 2. The summed E-state index contributed by atoms with van der Waals surface area (Å²) in [5.74, 6) is -1.63. The molecule has 1 atom stereocenters. The van der Waals surface area contributed by atoms with Crippen molar-refractivity contribution in [3.8, 4) is 11.3 Å². The SMILES string of the molecule is CN(CC(=O)O)CC1CN(C(=O)c2cn[nH]c2-c2ccccc2F)CCO1. The van der Waals surface area contributed by atoms with Crippen molar-refractivity contribution in [3.63, 3.8) is 0 Å². The van der Waals surface area contributed by atoms with Gasteiger partial charge in [-0.1, -0.05) is 12.1 Å². The maximum atomic E-state index is 14.1. The van der Waals surface area contributed by atoms with Gasteiger partial charge in [-0.2, -0.15) is 5.10 Å². The topological polar surface area (TPSA) is 98.8 Å². The van der Waals surface area contributed by atoms with Crippen LogP contribution in [0.5, 0.6) is 0 Å². The van der Waals surface area contributed by atoms with Gasteiger partial charge in [0.1, 0.15) is 5.82 Å². The number of amides is 1. The van der Waals surface area contributed by atoms with E-state index in [1.165, 1.54) is 12.3 Å². The van der Waals surface area contributed by atoms with E-state index < -0.39 is 11.8 Å². The van der Waals surface area contributed by atoms with Crippen LogP contribution in [0.3, 0.4) is 0 Å². The molecule has 3 rings (SSSR count). The van der Waals surface area contributed by atoms with E-state index in [4.69, 9.17) is 9.84 Å². The largest absolute Gasteiger partial charge is 0.480 e. The van der Waals surface area contributed by atoms with E-state index in [1.54, 1.807) is 35.0 Å². The van der Waals surface area contributed by atoms with Crippen LogP contribution in [0.2, 0.25) is 0 Å². The molecule has 0 bridgehead atoms. The predicted molar refractivity (Wildman–Crippen MR) is 94.8 cm³/mol. The first-order chi connectivity index (χ1) is 13.0. The molecule has 1 fully saturated rings. The second-order valence-corrected chi connectivity index (χ2v) is 6.47. The molecule has 0 spiro atoms. The summed E-state index contributed by atoms with van der Waals surface area (Å²) in [6.07, 6.45) is 1.10. The standard InChI is InChI=1S/C18H21FN4O4/c1-22(11-16(24)25)9-12-10-23(6-7-27-12)18(26)14-8-20-21-17(14)13-4-2-3-5-15(13)19/h2-5,8,12H,6-7,9-11H2,1H3,(H,20,21)(H,24,25). The number of H-pyrrole nitrogens is 1. The average Bonchev–Trinajstić information content (AvgIpc) is 3.10. The van der Waals surface area contributed by atoms with E-state index in [1.807, 2.05) is 0 Å². The number of carboxylic acid groups (broad SMARTS) is 1. The van der Waals surface area contributed by atoms with Gasteiger partial charge in [-0.15, -0.1) is 0 Å². The van der Waals surface area contributed by atoms with Gasteiger partial charge >= 0.3 is 5.97 Å². The van der Waals surface area contributed by atoms with Crippen molar-refractivity contribution in [1.82, 2.24) is 20.0 Å².